The molecule has 2 aliphatic rings. The lowest BCUT2D eigenvalue weighted by Gasteiger charge is -2.48. The molecule has 39 heavy (non-hydrogen) atoms. The van der Waals surface area contributed by atoms with Crippen LogP contribution < -0.4 is 9.47 Å². The molecule has 2 aromatic carbocycles. The van der Waals surface area contributed by atoms with Gasteiger partial charge in [-0.05, 0) is 41.8 Å². The second-order valence-corrected chi connectivity index (χ2v) is 9.37. The van der Waals surface area contributed by atoms with Crippen molar-refractivity contribution in [1.82, 2.24) is 9.80 Å². The Kier molecular flexibility index (Phi) is 7.88. The molecule has 2 aromatic rings. The molecule has 0 spiro atoms. The van der Waals surface area contributed by atoms with Crippen molar-refractivity contribution >= 4 is 23.7 Å². The summed E-state index contributed by atoms with van der Waals surface area (Å²) in [5, 5.41) is 29.0. The molecule has 208 valence electrons. The molecular formula is C26H25F3N2O8. The van der Waals surface area contributed by atoms with Crippen LogP contribution in [0.5, 0.6) is 11.5 Å². The first kappa shape index (κ1) is 27.6. The van der Waals surface area contributed by atoms with Crippen molar-refractivity contribution in [3.8, 4) is 11.5 Å². The largest absolute Gasteiger partial charge is 0.493 e. The van der Waals surface area contributed by atoms with Gasteiger partial charge in [0.25, 0.3) is 0 Å². The monoisotopic (exact) mass is 550 g/mol. The minimum atomic E-state index is -1.41. The smallest absolute Gasteiger partial charge is 0.408 e. The fraction of sp³-hybridized carbons (Fsp3) is 0.346. The average molecular weight is 550 g/mol. The highest BCUT2D eigenvalue weighted by Crippen LogP contribution is 2.39. The van der Waals surface area contributed by atoms with Crippen LogP contribution in [0.3, 0.4) is 0 Å². The number of benzene rings is 2. The Morgan fingerprint density at radius 1 is 0.923 bits per heavy atom. The maximum atomic E-state index is 13.8. The van der Waals surface area contributed by atoms with Gasteiger partial charge >= 0.3 is 18.2 Å². The average Bonchev–Trinajstić information content (AvgIpc) is 2.88. The summed E-state index contributed by atoms with van der Waals surface area (Å²) in [5.74, 6) is -5.75. The molecule has 2 bridgehead atoms. The van der Waals surface area contributed by atoms with Gasteiger partial charge in [-0.3, -0.25) is 4.90 Å². The first-order valence-corrected chi connectivity index (χ1v) is 11.9. The van der Waals surface area contributed by atoms with Crippen molar-refractivity contribution in [3.63, 3.8) is 0 Å². The quantitative estimate of drug-likeness (QED) is 0.417. The van der Waals surface area contributed by atoms with Gasteiger partial charge in [-0.15, -0.1) is 0 Å². The number of carboxylic acids is 1. The second kappa shape index (κ2) is 11.1. The number of piperazine rings is 1. The third-order valence-corrected chi connectivity index (χ3v) is 6.62. The number of hydrogen-bond acceptors (Lipinski definition) is 5. The molecule has 2 amide bonds. The number of hydrogen-bond donors (Lipinski definition) is 3. The van der Waals surface area contributed by atoms with Crippen molar-refractivity contribution in [2.45, 2.75) is 25.4 Å². The van der Waals surface area contributed by atoms with Gasteiger partial charge in [0.1, 0.15) is 5.75 Å². The summed E-state index contributed by atoms with van der Waals surface area (Å²) in [6, 6.07) is 5.93. The van der Waals surface area contributed by atoms with E-state index in [9.17, 15) is 42.9 Å². The molecular weight excluding hydrogens is 525 g/mol. The van der Waals surface area contributed by atoms with Crippen LogP contribution in [0.2, 0.25) is 0 Å². The summed E-state index contributed by atoms with van der Waals surface area (Å²) in [7, 11) is 0. The summed E-state index contributed by atoms with van der Waals surface area (Å²) < 4.78 is 51.6. The SMILES string of the molecule is C[C@@H](COc1ccc(C2=C(C(=O)O)[C@H]3CN(C(=O)O)C[C@@H](C2)N3C(=O)O)cc1)COc1c(F)ccc(F)c1F. The lowest BCUT2D eigenvalue weighted by molar-refractivity contribution is -0.133. The van der Waals surface area contributed by atoms with E-state index in [1.165, 1.54) is 0 Å². The van der Waals surface area contributed by atoms with E-state index in [-0.39, 0.29) is 44.2 Å². The van der Waals surface area contributed by atoms with Crippen molar-refractivity contribution in [2.75, 3.05) is 26.3 Å². The van der Waals surface area contributed by atoms with Gasteiger partial charge in [0, 0.05) is 19.0 Å². The zero-order valence-corrected chi connectivity index (χ0v) is 20.6. The fourth-order valence-corrected chi connectivity index (χ4v) is 4.80. The van der Waals surface area contributed by atoms with E-state index < -0.39 is 53.4 Å². The maximum Gasteiger partial charge on any atom is 0.408 e. The number of fused-ring (bicyclic) bond motifs is 2. The van der Waals surface area contributed by atoms with E-state index in [0.717, 1.165) is 15.9 Å². The molecule has 3 atom stereocenters. The molecule has 10 nitrogen and oxygen atoms in total. The number of rotatable bonds is 8. The van der Waals surface area contributed by atoms with E-state index in [0.29, 0.717) is 23.0 Å². The molecule has 4 rings (SSSR count). The Balaban J connectivity index is 1.46. The lowest BCUT2D eigenvalue weighted by atomic mass is 9.82. The van der Waals surface area contributed by atoms with Crippen LogP contribution in [0, 0.1) is 23.4 Å². The zero-order valence-electron chi connectivity index (χ0n) is 20.6. The number of halogens is 3. The third-order valence-electron chi connectivity index (χ3n) is 6.62. The summed E-state index contributed by atoms with van der Waals surface area (Å²) >= 11 is 0. The third kappa shape index (κ3) is 5.71. The van der Waals surface area contributed by atoms with Crippen LogP contribution in [0.1, 0.15) is 18.9 Å². The number of carbonyl (C=O) groups is 3. The van der Waals surface area contributed by atoms with E-state index in [1.54, 1.807) is 31.2 Å². The highest BCUT2D eigenvalue weighted by atomic mass is 19.2. The molecule has 0 radical (unpaired) electrons. The molecule has 0 unspecified atom stereocenters. The summed E-state index contributed by atoms with van der Waals surface area (Å²) in [6.07, 6.45) is -2.57. The van der Waals surface area contributed by atoms with Crippen molar-refractivity contribution in [3.05, 3.63) is 65.0 Å². The van der Waals surface area contributed by atoms with Crippen molar-refractivity contribution in [2.24, 2.45) is 5.92 Å². The molecule has 1 fully saturated rings. The Bertz CT molecular complexity index is 1320. The number of ether oxygens (including phenoxy) is 2. The normalized spacial score (nSPS) is 19.5. The molecule has 0 aliphatic carbocycles. The van der Waals surface area contributed by atoms with Gasteiger partial charge in [0.05, 0.1) is 30.9 Å². The van der Waals surface area contributed by atoms with Crippen molar-refractivity contribution < 1.29 is 52.3 Å². The molecule has 0 saturated carbocycles. The van der Waals surface area contributed by atoms with Gasteiger partial charge in [-0.1, -0.05) is 19.1 Å². The summed E-state index contributed by atoms with van der Waals surface area (Å²) in [4.78, 5) is 37.6. The van der Waals surface area contributed by atoms with E-state index in [2.05, 4.69) is 0 Å². The molecule has 1 saturated heterocycles. The predicted octanol–water partition coefficient (Wildman–Crippen LogP) is 4.15. The molecule has 2 aliphatic heterocycles. The van der Waals surface area contributed by atoms with E-state index >= 15 is 0 Å². The lowest BCUT2D eigenvalue weighted by Crippen LogP contribution is -2.64. The summed E-state index contributed by atoms with van der Waals surface area (Å²) in [6.45, 7) is 1.25. The first-order chi connectivity index (χ1) is 18.5. The van der Waals surface area contributed by atoms with Gasteiger partial charge in [-0.25, -0.2) is 23.2 Å². The maximum absolute atomic E-state index is 13.8. The van der Waals surface area contributed by atoms with Gasteiger partial charge < -0.3 is 29.7 Å². The minimum absolute atomic E-state index is 0.00991. The standard InChI is InChI=1S/C26H25F3N2O8/c1-13(12-39-23-19(28)7-6-18(27)22(23)29)11-38-16-4-2-14(3-5-16)17-8-15-9-30(25(34)35)10-20(21(17)24(32)33)31(15)26(36)37/h2-7,13,15,20H,8-12H2,1H3,(H,32,33)(H,34,35)(H,36,37)/t13-,15+,20+/m0/s1. The van der Waals surface area contributed by atoms with Gasteiger partial charge in [0.15, 0.2) is 17.4 Å². The molecule has 3 N–H and O–H groups in total. The van der Waals surface area contributed by atoms with Crippen LogP contribution in [-0.2, 0) is 4.79 Å². The predicted molar refractivity (Wildman–Crippen MR) is 129 cm³/mol. The van der Waals surface area contributed by atoms with Gasteiger partial charge in [0.2, 0.25) is 5.82 Å². The Morgan fingerprint density at radius 3 is 2.18 bits per heavy atom. The van der Waals surface area contributed by atoms with Crippen LogP contribution in [0.25, 0.3) is 5.57 Å². The topological polar surface area (TPSA) is 137 Å². The van der Waals surface area contributed by atoms with Crippen LogP contribution >= 0.6 is 0 Å². The number of amides is 2. The van der Waals surface area contributed by atoms with Crippen LogP contribution in [0.15, 0.2) is 42.0 Å². The molecule has 2 heterocycles. The van der Waals surface area contributed by atoms with Crippen LogP contribution in [-0.4, -0.2) is 81.7 Å². The Morgan fingerprint density at radius 2 is 1.56 bits per heavy atom. The highest BCUT2D eigenvalue weighted by Gasteiger charge is 2.47. The first-order valence-electron chi connectivity index (χ1n) is 11.9. The number of aliphatic carboxylic acids is 1. The van der Waals surface area contributed by atoms with Crippen LogP contribution in [0.4, 0.5) is 22.8 Å². The molecule has 13 heteroatoms. The fourth-order valence-electron chi connectivity index (χ4n) is 4.80. The van der Waals surface area contributed by atoms with E-state index in [4.69, 9.17) is 9.47 Å². The minimum Gasteiger partial charge on any atom is -0.493 e. The molecule has 0 aromatic heterocycles. The highest BCUT2D eigenvalue weighted by molar-refractivity contribution is 5.99. The number of carboxylic acid groups (broad SMARTS) is 3. The summed E-state index contributed by atoms with van der Waals surface area (Å²) in [5.41, 5.74) is 0.750. The Labute approximate surface area is 220 Å². The van der Waals surface area contributed by atoms with Gasteiger partial charge in [-0.2, -0.15) is 4.39 Å². The van der Waals surface area contributed by atoms with E-state index in [1.807, 2.05) is 0 Å². The van der Waals surface area contributed by atoms with Crippen molar-refractivity contribution in [1.29, 1.82) is 0 Å². The Hall–Kier alpha value is -4.42. The second-order valence-electron chi connectivity index (χ2n) is 9.37. The zero-order chi connectivity index (χ0) is 28.4. The number of nitrogens with zero attached hydrogens (tertiary/aromatic N) is 2.